The molecule has 2 bridgehead atoms. The number of nitrogens with one attached hydrogen (secondary N) is 2. The van der Waals surface area contributed by atoms with Crippen molar-refractivity contribution in [3.05, 3.63) is 23.8 Å². The zero-order chi connectivity index (χ0) is 14.8. The molecule has 0 unspecified atom stereocenters. The van der Waals surface area contributed by atoms with Gasteiger partial charge in [-0.3, -0.25) is 4.79 Å². The van der Waals surface area contributed by atoms with Crippen LogP contribution in [0.3, 0.4) is 0 Å². The van der Waals surface area contributed by atoms with Crippen molar-refractivity contribution in [2.24, 2.45) is 11.8 Å². The van der Waals surface area contributed by atoms with Gasteiger partial charge in [-0.25, -0.2) is 0 Å². The highest BCUT2D eigenvalue weighted by molar-refractivity contribution is 5.90. The average Bonchev–Trinajstić information content (AvgIpc) is 3.07. The smallest absolute Gasteiger partial charge is 0.221 e. The lowest BCUT2D eigenvalue weighted by Crippen LogP contribution is -2.33. The lowest BCUT2D eigenvalue weighted by Gasteiger charge is -2.23. The van der Waals surface area contributed by atoms with E-state index < -0.39 is 0 Å². The zero-order valence-electron chi connectivity index (χ0n) is 12.8. The Balaban J connectivity index is 1.63. The Bertz CT molecular complexity index is 530. The van der Waals surface area contributed by atoms with Crippen molar-refractivity contribution >= 4 is 11.6 Å². The number of anilines is 1. The first-order chi connectivity index (χ1) is 10.2. The summed E-state index contributed by atoms with van der Waals surface area (Å²) in [5, 5.41) is 6.52. The normalized spacial score (nSPS) is 26.9. The highest BCUT2D eigenvalue weighted by Crippen LogP contribution is 2.44. The summed E-state index contributed by atoms with van der Waals surface area (Å²) in [6.45, 7) is 2.37. The van der Waals surface area contributed by atoms with Gasteiger partial charge < -0.3 is 15.4 Å². The number of hydrogen-bond acceptors (Lipinski definition) is 3. The van der Waals surface area contributed by atoms with Crippen LogP contribution in [0.2, 0.25) is 0 Å². The Labute approximate surface area is 126 Å². The van der Waals surface area contributed by atoms with E-state index >= 15 is 0 Å². The maximum atomic E-state index is 11.3. The van der Waals surface area contributed by atoms with E-state index in [-0.39, 0.29) is 5.91 Å². The third-order valence-electron chi connectivity index (χ3n) is 4.88. The van der Waals surface area contributed by atoms with Crippen LogP contribution < -0.4 is 15.4 Å². The number of carbonyl (C=O) groups excluding carboxylic acids is 1. The molecule has 3 atom stereocenters. The quantitative estimate of drug-likeness (QED) is 0.876. The lowest BCUT2D eigenvalue weighted by atomic mass is 9.95. The Hall–Kier alpha value is -1.55. The van der Waals surface area contributed by atoms with Gasteiger partial charge >= 0.3 is 0 Å². The maximum absolute atomic E-state index is 11.3. The minimum atomic E-state index is -0.0773. The Kier molecular flexibility index (Phi) is 4.15. The average molecular weight is 288 g/mol. The van der Waals surface area contributed by atoms with Crippen LogP contribution in [0.15, 0.2) is 18.2 Å². The van der Waals surface area contributed by atoms with E-state index in [1.54, 1.807) is 7.11 Å². The highest BCUT2D eigenvalue weighted by atomic mass is 16.5. The molecule has 3 rings (SSSR count). The Morgan fingerprint density at radius 3 is 2.81 bits per heavy atom. The first-order valence-corrected chi connectivity index (χ1v) is 7.83. The van der Waals surface area contributed by atoms with E-state index in [9.17, 15) is 4.79 Å². The Morgan fingerprint density at radius 2 is 2.19 bits per heavy atom. The van der Waals surface area contributed by atoms with Crippen molar-refractivity contribution in [3.63, 3.8) is 0 Å². The number of fused-ring (bicyclic) bond motifs is 2. The molecule has 21 heavy (non-hydrogen) atoms. The molecule has 0 aromatic heterocycles. The lowest BCUT2D eigenvalue weighted by molar-refractivity contribution is -0.114. The van der Waals surface area contributed by atoms with Crippen molar-refractivity contribution < 1.29 is 9.53 Å². The molecular formula is C17H24N2O2. The number of hydrogen-bond donors (Lipinski definition) is 2. The van der Waals surface area contributed by atoms with Gasteiger partial charge in [0.1, 0.15) is 5.75 Å². The van der Waals surface area contributed by atoms with Crippen LogP contribution in [0.25, 0.3) is 0 Å². The summed E-state index contributed by atoms with van der Waals surface area (Å²) in [6.07, 6.45) is 5.57. The molecule has 2 N–H and O–H groups in total. The van der Waals surface area contributed by atoms with Crippen LogP contribution in [0.5, 0.6) is 5.75 Å². The van der Waals surface area contributed by atoms with E-state index in [4.69, 9.17) is 4.74 Å². The molecule has 1 amide bonds. The molecule has 4 heteroatoms. The molecule has 0 saturated heterocycles. The molecular weight excluding hydrogens is 264 g/mol. The van der Waals surface area contributed by atoms with Gasteiger partial charge in [-0.05, 0) is 48.8 Å². The van der Waals surface area contributed by atoms with Gasteiger partial charge in [-0.2, -0.15) is 0 Å². The number of ether oxygens (including phenoxy) is 1. The van der Waals surface area contributed by atoms with E-state index in [0.717, 1.165) is 24.1 Å². The van der Waals surface area contributed by atoms with Gasteiger partial charge in [0.25, 0.3) is 0 Å². The molecule has 2 saturated carbocycles. The second-order valence-electron chi connectivity index (χ2n) is 6.38. The summed E-state index contributed by atoms with van der Waals surface area (Å²) in [4.78, 5) is 11.3. The molecule has 4 nitrogen and oxygen atoms in total. The van der Waals surface area contributed by atoms with E-state index in [1.807, 2.05) is 12.1 Å². The first kappa shape index (κ1) is 14.4. The Morgan fingerprint density at radius 1 is 1.33 bits per heavy atom. The molecule has 1 aromatic carbocycles. The van der Waals surface area contributed by atoms with Crippen LogP contribution in [0.4, 0.5) is 5.69 Å². The van der Waals surface area contributed by atoms with Gasteiger partial charge in [0.05, 0.1) is 12.8 Å². The van der Waals surface area contributed by atoms with Gasteiger partial charge in [0.15, 0.2) is 0 Å². The summed E-state index contributed by atoms with van der Waals surface area (Å²) >= 11 is 0. The zero-order valence-corrected chi connectivity index (χ0v) is 12.8. The predicted octanol–water partition coefficient (Wildman–Crippen LogP) is 2.93. The molecule has 2 fully saturated rings. The number of amides is 1. The van der Waals surface area contributed by atoms with Crippen LogP contribution >= 0.6 is 0 Å². The fourth-order valence-corrected chi connectivity index (χ4v) is 3.90. The summed E-state index contributed by atoms with van der Waals surface area (Å²) in [6, 6.07) is 6.66. The fourth-order valence-electron chi connectivity index (χ4n) is 3.90. The predicted molar refractivity (Wildman–Crippen MR) is 83.4 cm³/mol. The summed E-state index contributed by atoms with van der Waals surface area (Å²) in [5.41, 5.74) is 1.93. The van der Waals surface area contributed by atoms with Crippen LogP contribution in [0.1, 0.15) is 38.2 Å². The van der Waals surface area contributed by atoms with Gasteiger partial charge in [0.2, 0.25) is 5.91 Å². The summed E-state index contributed by atoms with van der Waals surface area (Å²) in [7, 11) is 1.62. The van der Waals surface area contributed by atoms with Gasteiger partial charge in [-0.15, -0.1) is 0 Å². The minimum absolute atomic E-state index is 0.0773. The number of methoxy groups -OCH3 is 1. The SMILES string of the molecule is COc1ccc(CN[C@H]2C[C@H]3CC[C@H]2C3)cc1NC(C)=O. The van der Waals surface area contributed by atoms with Crippen LogP contribution in [-0.4, -0.2) is 19.1 Å². The molecule has 0 spiro atoms. The largest absolute Gasteiger partial charge is 0.495 e. The number of rotatable bonds is 5. The van der Waals surface area contributed by atoms with Crippen molar-refractivity contribution in [3.8, 4) is 5.75 Å². The topological polar surface area (TPSA) is 50.4 Å². The van der Waals surface area contributed by atoms with Crippen LogP contribution in [-0.2, 0) is 11.3 Å². The van der Waals surface area contributed by atoms with E-state index in [1.165, 1.54) is 38.2 Å². The van der Waals surface area contributed by atoms with Gasteiger partial charge in [0, 0.05) is 19.5 Å². The monoisotopic (exact) mass is 288 g/mol. The number of benzene rings is 1. The van der Waals surface area contributed by atoms with Crippen molar-refractivity contribution in [1.29, 1.82) is 0 Å². The standard InChI is InChI=1S/C17H24N2O2/c1-11(20)19-16-9-13(4-6-17(16)21-2)10-18-15-8-12-3-5-14(15)7-12/h4,6,9,12,14-15,18H,3,5,7-8,10H2,1-2H3,(H,19,20)/t12-,14-,15-/m0/s1. The molecule has 2 aliphatic rings. The van der Waals surface area contributed by atoms with Crippen molar-refractivity contribution in [2.45, 2.75) is 45.2 Å². The summed E-state index contributed by atoms with van der Waals surface area (Å²) < 4.78 is 5.28. The highest BCUT2D eigenvalue weighted by Gasteiger charge is 2.38. The molecule has 114 valence electrons. The van der Waals surface area contributed by atoms with Crippen LogP contribution in [0, 0.1) is 11.8 Å². The molecule has 0 heterocycles. The van der Waals surface area contributed by atoms with Crippen molar-refractivity contribution in [1.82, 2.24) is 5.32 Å². The second-order valence-corrected chi connectivity index (χ2v) is 6.38. The first-order valence-electron chi connectivity index (χ1n) is 7.83. The third kappa shape index (κ3) is 3.21. The molecule has 0 radical (unpaired) electrons. The summed E-state index contributed by atoms with van der Waals surface area (Å²) in [5.74, 6) is 2.46. The van der Waals surface area contributed by atoms with E-state index in [0.29, 0.717) is 11.8 Å². The minimum Gasteiger partial charge on any atom is -0.495 e. The fraction of sp³-hybridized carbons (Fsp3) is 0.588. The van der Waals surface area contributed by atoms with E-state index in [2.05, 4.69) is 16.7 Å². The molecule has 1 aromatic rings. The third-order valence-corrected chi connectivity index (χ3v) is 4.88. The van der Waals surface area contributed by atoms with Crippen molar-refractivity contribution in [2.75, 3.05) is 12.4 Å². The second kappa shape index (κ2) is 6.06. The molecule has 0 aliphatic heterocycles. The maximum Gasteiger partial charge on any atom is 0.221 e. The van der Waals surface area contributed by atoms with Gasteiger partial charge in [-0.1, -0.05) is 12.5 Å². The number of carbonyl (C=O) groups is 1. The molecule has 2 aliphatic carbocycles.